The molecule has 0 spiro atoms. The zero-order chi connectivity index (χ0) is 10.7. The summed E-state index contributed by atoms with van der Waals surface area (Å²) in [6.07, 6.45) is 4.74. The van der Waals surface area contributed by atoms with Crippen molar-refractivity contribution in [3.8, 4) is 0 Å². The fraction of sp³-hybridized carbons (Fsp3) is 0.545. The number of carbonyl (C=O) groups is 1. The predicted molar refractivity (Wildman–Crippen MR) is 56.4 cm³/mol. The Labute approximate surface area is 89.0 Å². The number of piperidine rings is 1. The van der Waals surface area contributed by atoms with E-state index in [0.717, 1.165) is 25.8 Å². The first-order valence-corrected chi connectivity index (χ1v) is 5.37. The minimum atomic E-state index is -0.0323. The third-order valence-corrected chi connectivity index (χ3v) is 2.89. The van der Waals surface area contributed by atoms with Crippen molar-refractivity contribution in [2.75, 3.05) is 13.1 Å². The first-order valence-electron chi connectivity index (χ1n) is 5.37. The average Bonchev–Trinajstić information content (AvgIpc) is 2.81. The average molecular weight is 208 g/mol. The van der Waals surface area contributed by atoms with Crippen LogP contribution >= 0.6 is 0 Å². The van der Waals surface area contributed by atoms with Crippen molar-refractivity contribution in [2.24, 2.45) is 5.73 Å². The Hall–Kier alpha value is -1.29. The summed E-state index contributed by atoms with van der Waals surface area (Å²) < 4.78 is 5.11. The van der Waals surface area contributed by atoms with E-state index in [9.17, 15) is 4.79 Å². The number of carbonyl (C=O) groups excluding carboxylic acids is 1. The van der Waals surface area contributed by atoms with Gasteiger partial charge in [0.25, 0.3) is 5.91 Å². The molecule has 1 aromatic rings. The van der Waals surface area contributed by atoms with E-state index in [4.69, 9.17) is 10.2 Å². The monoisotopic (exact) mass is 208 g/mol. The molecule has 0 aromatic carbocycles. The van der Waals surface area contributed by atoms with E-state index in [1.807, 2.05) is 4.90 Å². The summed E-state index contributed by atoms with van der Waals surface area (Å²) in [6, 6.07) is 3.61. The molecular formula is C11H16N2O2. The number of hydrogen-bond donors (Lipinski definition) is 1. The highest BCUT2D eigenvalue weighted by atomic mass is 16.3. The van der Waals surface area contributed by atoms with Crippen molar-refractivity contribution in [1.29, 1.82) is 0 Å². The molecule has 0 saturated carbocycles. The molecule has 0 radical (unpaired) electrons. The third-order valence-electron chi connectivity index (χ3n) is 2.89. The van der Waals surface area contributed by atoms with Crippen molar-refractivity contribution in [3.63, 3.8) is 0 Å². The molecule has 1 amide bonds. The lowest BCUT2D eigenvalue weighted by Crippen LogP contribution is -2.47. The van der Waals surface area contributed by atoms with Gasteiger partial charge in [-0.25, -0.2) is 0 Å². The van der Waals surface area contributed by atoms with Gasteiger partial charge < -0.3 is 15.1 Å². The normalized spacial score (nSPS) is 21.7. The minimum absolute atomic E-state index is 0.0323. The number of rotatable bonds is 2. The molecule has 4 heteroatoms. The summed E-state index contributed by atoms with van der Waals surface area (Å²) in [5.41, 5.74) is 5.66. The van der Waals surface area contributed by atoms with E-state index < -0.39 is 0 Å². The molecule has 1 atom stereocenters. The molecule has 15 heavy (non-hydrogen) atoms. The zero-order valence-electron chi connectivity index (χ0n) is 8.69. The fourth-order valence-corrected chi connectivity index (χ4v) is 2.05. The number of amides is 1. The van der Waals surface area contributed by atoms with Crippen LogP contribution in [0.3, 0.4) is 0 Å². The van der Waals surface area contributed by atoms with E-state index in [-0.39, 0.29) is 11.9 Å². The van der Waals surface area contributed by atoms with Crippen LogP contribution in [0.25, 0.3) is 0 Å². The van der Waals surface area contributed by atoms with Gasteiger partial charge in [0.2, 0.25) is 0 Å². The van der Waals surface area contributed by atoms with Gasteiger partial charge in [-0.2, -0.15) is 0 Å². The minimum Gasteiger partial charge on any atom is -0.459 e. The fourth-order valence-electron chi connectivity index (χ4n) is 2.05. The van der Waals surface area contributed by atoms with Crippen LogP contribution in [0, 0.1) is 0 Å². The molecule has 1 aliphatic rings. The predicted octanol–water partition coefficient (Wildman–Crippen LogP) is 1.23. The lowest BCUT2D eigenvalue weighted by atomic mass is 10.0. The third kappa shape index (κ3) is 2.04. The van der Waals surface area contributed by atoms with E-state index in [2.05, 4.69) is 0 Å². The van der Waals surface area contributed by atoms with Gasteiger partial charge in [0.05, 0.1) is 6.26 Å². The summed E-state index contributed by atoms with van der Waals surface area (Å²) >= 11 is 0. The number of hydrogen-bond acceptors (Lipinski definition) is 3. The molecule has 1 aliphatic heterocycles. The highest BCUT2D eigenvalue weighted by molar-refractivity contribution is 5.91. The van der Waals surface area contributed by atoms with Gasteiger partial charge in [-0.05, 0) is 31.4 Å². The lowest BCUT2D eigenvalue weighted by molar-refractivity contribution is 0.0591. The largest absolute Gasteiger partial charge is 0.459 e. The van der Waals surface area contributed by atoms with Crippen LogP contribution in [0.5, 0.6) is 0 Å². The Morgan fingerprint density at radius 3 is 3.13 bits per heavy atom. The van der Waals surface area contributed by atoms with Gasteiger partial charge in [0, 0.05) is 19.1 Å². The molecule has 1 fully saturated rings. The zero-order valence-corrected chi connectivity index (χ0v) is 8.69. The van der Waals surface area contributed by atoms with Crippen molar-refractivity contribution in [3.05, 3.63) is 24.2 Å². The summed E-state index contributed by atoms with van der Waals surface area (Å²) in [4.78, 5) is 13.8. The van der Waals surface area contributed by atoms with E-state index >= 15 is 0 Å². The molecule has 2 N–H and O–H groups in total. The topological polar surface area (TPSA) is 59.5 Å². The standard InChI is InChI=1S/C11H16N2O2/c12-8-9-4-1-2-6-13(9)11(14)10-5-3-7-15-10/h3,5,7,9H,1-2,4,6,8,12H2/t9-/m0/s1. The van der Waals surface area contributed by atoms with Crippen molar-refractivity contribution >= 4 is 5.91 Å². The molecule has 1 saturated heterocycles. The van der Waals surface area contributed by atoms with E-state index in [0.29, 0.717) is 12.3 Å². The number of nitrogens with two attached hydrogens (primary N) is 1. The van der Waals surface area contributed by atoms with Gasteiger partial charge in [0.1, 0.15) is 0 Å². The maximum absolute atomic E-state index is 12.0. The van der Waals surface area contributed by atoms with Crippen LogP contribution < -0.4 is 5.73 Å². The molecule has 0 unspecified atom stereocenters. The summed E-state index contributed by atoms with van der Waals surface area (Å²) in [5.74, 6) is 0.380. The van der Waals surface area contributed by atoms with Gasteiger partial charge in [-0.3, -0.25) is 4.79 Å². The Morgan fingerprint density at radius 1 is 1.60 bits per heavy atom. The molecule has 4 nitrogen and oxygen atoms in total. The molecular weight excluding hydrogens is 192 g/mol. The second-order valence-electron chi connectivity index (χ2n) is 3.86. The smallest absolute Gasteiger partial charge is 0.289 e. The first-order chi connectivity index (χ1) is 7.33. The Morgan fingerprint density at radius 2 is 2.47 bits per heavy atom. The second-order valence-corrected chi connectivity index (χ2v) is 3.86. The number of likely N-dealkylation sites (tertiary alicyclic amines) is 1. The molecule has 0 bridgehead atoms. The summed E-state index contributed by atoms with van der Waals surface area (Å²) in [6.45, 7) is 1.33. The van der Waals surface area contributed by atoms with E-state index in [1.54, 1.807) is 12.1 Å². The van der Waals surface area contributed by atoms with Gasteiger partial charge in [0.15, 0.2) is 5.76 Å². The SMILES string of the molecule is NC[C@@H]1CCCCN1C(=O)c1ccco1. The van der Waals surface area contributed by atoms with Crippen LogP contribution in [-0.4, -0.2) is 29.9 Å². The van der Waals surface area contributed by atoms with Crippen LogP contribution in [0.2, 0.25) is 0 Å². The quantitative estimate of drug-likeness (QED) is 0.795. The van der Waals surface area contributed by atoms with Gasteiger partial charge in [-0.1, -0.05) is 0 Å². The van der Waals surface area contributed by atoms with Crippen LogP contribution in [0.1, 0.15) is 29.8 Å². The number of furan rings is 1. The van der Waals surface area contributed by atoms with Crippen LogP contribution in [0.15, 0.2) is 22.8 Å². The Balaban J connectivity index is 2.11. The van der Waals surface area contributed by atoms with E-state index in [1.165, 1.54) is 6.26 Å². The van der Waals surface area contributed by atoms with Crippen LogP contribution in [0.4, 0.5) is 0 Å². The molecule has 1 aromatic heterocycles. The summed E-state index contributed by atoms with van der Waals surface area (Å²) in [7, 11) is 0. The lowest BCUT2D eigenvalue weighted by Gasteiger charge is -2.34. The highest BCUT2D eigenvalue weighted by Crippen LogP contribution is 2.18. The second kappa shape index (κ2) is 4.49. The first kappa shape index (κ1) is 10.2. The molecule has 82 valence electrons. The number of nitrogens with zero attached hydrogens (tertiary/aromatic N) is 1. The highest BCUT2D eigenvalue weighted by Gasteiger charge is 2.27. The van der Waals surface area contributed by atoms with Gasteiger partial charge >= 0.3 is 0 Å². The van der Waals surface area contributed by atoms with Crippen molar-refractivity contribution in [1.82, 2.24) is 4.90 Å². The van der Waals surface area contributed by atoms with Crippen molar-refractivity contribution < 1.29 is 9.21 Å². The summed E-state index contributed by atoms with van der Waals surface area (Å²) in [5, 5.41) is 0. The van der Waals surface area contributed by atoms with Gasteiger partial charge in [-0.15, -0.1) is 0 Å². The van der Waals surface area contributed by atoms with Crippen molar-refractivity contribution in [2.45, 2.75) is 25.3 Å². The van der Waals surface area contributed by atoms with Crippen LogP contribution in [-0.2, 0) is 0 Å². The molecule has 0 aliphatic carbocycles. The maximum atomic E-state index is 12.0. The Kier molecular flexibility index (Phi) is 3.06. The maximum Gasteiger partial charge on any atom is 0.289 e. The molecule has 2 heterocycles. The Bertz CT molecular complexity index is 321. The molecule has 2 rings (SSSR count).